The summed E-state index contributed by atoms with van der Waals surface area (Å²) in [6.45, 7) is 3.72. The van der Waals surface area contributed by atoms with Crippen molar-refractivity contribution in [1.82, 2.24) is 0 Å². The van der Waals surface area contributed by atoms with Crippen LogP contribution in [0.3, 0.4) is 0 Å². The quantitative estimate of drug-likeness (QED) is 0.755. The van der Waals surface area contributed by atoms with E-state index < -0.39 is 0 Å². The van der Waals surface area contributed by atoms with E-state index in [0.29, 0.717) is 5.42 Å². The largest absolute Gasteiger partial charge is 0.457 e. The van der Waals surface area contributed by atoms with Crippen LogP contribution in [0.15, 0.2) is 46.9 Å². The molecule has 0 saturated heterocycles. The molecule has 1 nitrogen and oxygen atoms in total. The number of benzene rings is 1. The van der Waals surface area contributed by atoms with Gasteiger partial charge >= 0.3 is 0 Å². The maximum atomic E-state index is 5.40. The molecule has 1 heterocycles. The number of furan rings is 1. The maximum absolute atomic E-state index is 5.40. The van der Waals surface area contributed by atoms with Crippen LogP contribution in [-0.2, 0) is 0 Å². The van der Waals surface area contributed by atoms with Gasteiger partial charge in [0.2, 0.25) is 0 Å². The lowest BCUT2D eigenvalue weighted by Crippen LogP contribution is -2.00. The molecular formula is C12H9BrO. The van der Waals surface area contributed by atoms with Gasteiger partial charge in [0.05, 0.1) is 4.48 Å². The fraction of sp³-hybridized carbons (Fsp3) is 0. The standard InChI is InChI=1S/C12H9BrO/c1-9-7-8-11(14-9)12(13)10-5-3-2-4-6-10/h2-8H,1H2/b12-11-. The summed E-state index contributed by atoms with van der Waals surface area (Å²) in [6, 6.07) is 13.8. The third-order valence-electron chi connectivity index (χ3n) is 1.91. The van der Waals surface area contributed by atoms with Crippen molar-refractivity contribution in [3.63, 3.8) is 0 Å². The van der Waals surface area contributed by atoms with Gasteiger partial charge in [-0.05, 0) is 33.6 Å². The average molecular weight is 249 g/mol. The summed E-state index contributed by atoms with van der Waals surface area (Å²) in [7, 11) is 0. The van der Waals surface area contributed by atoms with Crippen molar-refractivity contribution >= 4 is 27.0 Å². The van der Waals surface area contributed by atoms with Gasteiger partial charge in [-0.1, -0.05) is 36.9 Å². The fourth-order valence-electron chi connectivity index (χ4n) is 1.22. The second kappa shape index (κ2) is 3.84. The summed E-state index contributed by atoms with van der Waals surface area (Å²) in [4.78, 5) is 0. The minimum Gasteiger partial charge on any atom is -0.457 e. The van der Waals surface area contributed by atoms with Gasteiger partial charge in [0.15, 0.2) is 0 Å². The van der Waals surface area contributed by atoms with Gasteiger partial charge in [0.1, 0.15) is 10.8 Å². The average Bonchev–Trinajstić information content (AvgIpc) is 2.65. The third kappa shape index (κ3) is 1.80. The summed E-state index contributed by atoms with van der Waals surface area (Å²) in [5, 5.41) is 0. The molecule has 0 aliphatic rings. The molecule has 2 heteroatoms. The van der Waals surface area contributed by atoms with Crippen LogP contribution in [0.25, 0.3) is 11.1 Å². The zero-order valence-electron chi connectivity index (χ0n) is 7.53. The monoisotopic (exact) mass is 248 g/mol. The molecule has 0 spiro atoms. The van der Waals surface area contributed by atoms with E-state index in [1.807, 2.05) is 42.5 Å². The third-order valence-corrected chi connectivity index (χ3v) is 2.75. The van der Waals surface area contributed by atoms with Crippen molar-refractivity contribution in [1.29, 1.82) is 0 Å². The normalized spacial score (nSPS) is 12.6. The molecule has 2 aromatic rings. The molecule has 0 fully saturated rings. The number of hydrogen-bond donors (Lipinski definition) is 0. The van der Waals surface area contributed by atoms with E-state index in [-0.39, 0.29) is 0 Å². The first-order valence-corrected chi connectivity index (χ1v) is 5.07. The Morgan fingerprint density at radius 1 is 1.07 bits per heavy atom. The lowest BCUT2D eigenvalue weighted by molar-refractivity contribution is 0.503. The predicted molar refractivity (Wildman–Crippen MR) is 61.4 cm³/mol. The molecule has 2 rings (SSSR count). The predicted octanol–water partition coefficient (Wildman–Crippen LogP) is 2.24. The Hall–Kier alpha value is -1.28. The van der Waals surface area contributed by atoms with E-state index in [1.54, 1.807) is 0 Å². The Morgan fingerprint density at radius 2 is 1.79 bits per heavy atom. The van der Waals surface area contributed by atoms with Crippen molar-refractivity contribution in [2.75, 3.05) is 0 Å². The van der Waals surface area contributed by atoms with Gasteiger partial charge in [-0.15, -0.1) is 0 Å². The summed E-state index contributed by atoms with van der Waals surface area (Å²) < 4.78 is 6.36. The van der Waals surface area contributed by atoms with E-state index in [0.717, 1.165) is 15.5 Å². The van der Waals surface area contributed by atoms with Crippen LogP contribution in [0.2, 0.25) is 0 Å². The van der Waals surface area contributed by atoms with E-state index in [1.165, 1.54) is 0 Å². The zero-order chi connectivity index (χ0) is 9.97. The van der Waals surface area contributed by atoms with Crippen molar-refractivity contribution in [2.24, 2.45) is 0 Å². The molecule has 0 aliphatic carbocycles. The number of rotatable bonds is 1. The molecule has 0 unspecified atom stereocenters. The van der Waals surface area contributed by atoms with Gasteiger partial charge in [-0.3, -0.25) is 0 Å². The van der Waals surface area contributed by atoms with Crippen LogP contribution < -0.4 is 10.8 Å². The summed E-state index contributed by atoms with van der Waals surface area (Å²) in [6.07, 6.45) is 0. The minimum atomic E-state index is 0.674. The van der Waals surface area contributed by atoms with E-state index >= 15 is 0 Å². The highest BCUT2D eigenvalue weighted by Crippen LogP contribution is 2.16. The van der Waals surface area contributed by atoms with Crippen LogP contribution in [-0.4, -0.2) is 0 Å². The summed E-state index contributed by atoms with van der Waals surface area (Å²) in [5.74, 6) is 0. The van der Waals surface area contributed by atoms with Crippen molar-refractivity contribution in [3.8, 4) is 0 Å². The van der Waals surface area contributed by atoms with Crippen molar-refractivity contribution in [2.45, 2.75) is 0 Å². The van der Waals surface area contributed by atoms with Crippen LogP contribution in [0.4, 0.5) is 0 Å². The Bertz CT molecular complexity index is 525. The molecule has 14 heavy (non-hydrogen) atoms. The topological polar surface area (TPSA) is 13.1 Å². The highest BCUT2D eigenvalue weighted by Gasteiger charge is 1.98. The van der Waals surface area contributed by atoms with Crippen molar-refractivity contribution in [3.05, 3.63) is 58.9 Å². The van der Waals surface area contributed by atoms with Crippen LogP contribution in [0.5, 0.6) is 0 Å². The van der Waals surface area contributed by atoms with Gasteiger partial charge < -0.3 is 4.42 Å². The molecule has 70 valence electrons. The van der Waals surface area contributed by atoms with Crippen molar-refractivity contribution < 1.29 is 4.42 Å². The highest BCUT2D eigenvalue weighted by atomic mass is 79.9. The second-order valence-corrected chi connectivity index (χ2v) is 3.74. The number of halogens is 1. The Kier molecular flexibility index (Phi) is 2.55. The molecule has 0 saturated carbocycles. The van der Waals surface area contributed by atoms with Gasteiger partial charge in [-0.2, -0.15) is 0 Å². The molecular weight excluding hydrogens is 240 g/mol. The smallest absolute Gasteiger partial charge is 0.142 e. The first-order chi connectivity index (χ1) is 6.77. The fourth-order valence-corrected chi connectivity index (χ4v) is 1.70. The number of hydrogen-bond acceptors (Lipinski definition) is 1. The van der Waals surface area contributed by atoms with E-state index in [2.05, 4.69) is 22.5 Å². The maximum Gasteiger partial charge on any atom is 0.142 e. The second-order valence-electron chi connectivity index (χ2n) is 2.95. The summed E-state index contributed by atoms with van der Waals surface area (Å²) in [5.41, 5.74) is 2.58. The summed E-state index contributed by atoms with van der Waals surface area (Å²) >= 11 is 3.50. The Balaban J connectivity index is 2.62. The van der Waals surface area contributed by atoms with Gasteiger partial charge in [-0.25, -0.2) is 0 Å². The molecule has 0 atom stereocenters. The molecule has 1 aromatic heterocycles. The molecule has 0 radical (unpaired) electrons. The first-order valence-electron chi connectivity index (χ1n) is 4.27. The Morgan fingerprint density at radius 3 is 2.36 bits per heavy atom. The lowest BCUT2D eigenvalue weighted by atomic mass is 10.2. The molecule has 0 N–H and O–H groups in total. The van der Waals surface area contributed by atoms with Crippen LogP contribution >= 0.6 is 15.9 Å². The lowest BCUT2D eigenvalue weighted by Gasteiger charge is -1.95. The molecule has 1 aromatic carbocycles. The van der Waals surface area contributed by atoms with Crippen LogP contribution in [0, 0.1) is 0 Å². The van der Waals surface area contributed by atoms with E-state index in [9.17, 15) is 0 Å². The minimum absolute atomic E-state index is 0.674. The highest BCUT2D eigenvalue weighted by molar-refractivity contribution is 9.15. The van der Waals surface area contributed by atoms with E-state index in [4.69, 9.17) is 4.42 Å². The molecule has 0 bridgehead atoms. The SMILES string of the molecule is C=c1cc/c(=C(/Br)c2ccccc2)o1. The first kappa shape index (κ1) is 9.28. The van der Waals surface area contributed by atoms with Gasteiger partial charge in [0.25, 0.3) is 0 Å². The van der Waals surface area contributed by atoms with Gasteiger partial charge in [0, 0.05) is 0 Å². The zero-order valence-corrected chi connectivity index (χ0v) is 9.12. The molecule has 0 amide bonds. The Labute approximate surface area is 90.5 Å². The van der Waals surface area contributed by atoms with Crippen LogP contribution in [0.1, 0.15) is 5.56 Å². The molecule has 0 aliphatic heterocycles.